The second-order valence-corrected chi connectivity index (χ2v) is 8.40. The van der Waals surface area contributed by atoms with Gasteiger partial charge in [-0.2, -0.15) is 0 Å². The lowest BCUT2D eigenvalue weighted by atomic mass is 9.76. The van der Waals surface area contributed by atoms with E-state index >= 15 is 0 Å². The maximum atomic E-state index is 12.9. The normalized spacial score (nSPS) is 22.9. The van der Waals surface area contributed by atoms with Crippen LogP contribution in [0.5, 0.6) is 5.75 Å². The Morgan fingerprint density at radius 2 is 2.04 bits per heavy atom. The molecule has 1 N–H and O–H groups in total. The average Bonchev–Trinajstić information content (AvgIpc) is 3.01. The summed E-state index contributed by atoms with van der Waals surface area (Å²) in [4.78, 5) is 17.7. The number of hydrogen-bond donors (Lipinski definition) is 1. The number of nitrogens with one attached hydrogen (secondary N) is 1. The minimum absolute atomic E-state index is 0.0202. The van der Waals surface area contributed by atoms with E-state index in [1.807, 2.05) is 31.2 Å². The van der Waals surface area contributed by atoms with E-state index in [1.165, 1.54) is 12.8 Å². The molecule has 1 aromatic rings. The summed E-state index contributed by atoms with van der Waals surface area (Å²) in [5.74, 6) is 1.07. The maximum Gasteiger partial charge on any atom is 0.237 e. The van der Waals surface area contributed by atoms with Crippen molar-refractivity contribution in [3.05, 3.63) is 29.8 Å². The average molecular weight is 374 g/mol. The fourth-order valence-electron chi connectivity index (χ4n) is 4.55. The van der Waals surface area contributed by atoms with Gasteiger partial charge in [-0.3, -0.25) is 9.69 Å². The molecule has 5 heteroatoms. The van der Waals surface area contributed by atoms with Crippen LogP contribution in [-0.4, -0.2) is 68.1 Å². The summed E-state index contributed by atoms with van der Waals surface area (Å²) in [6.07, 6.45) is 4.52. The predicted molar refractivity (Wildman–Crippen MR) is 109 cm³/mol. The number of rotatable bonds is 7. The number of hydrogen-bond acceptors (Lipinski definition) is 4. The third kappa shape index (κ3) is 5.02. The van der Waals surface area contributed by atoms with Gasteiger partial charge in [0.2, 0.25) is 5.91 Å². The van der Waals surface area contributed by atoms with Gasteiger partial charge >= 0.3 is 0 Å². The molecule has 1 unspecified atom stereocenters. The molecule has 0 radical (unpaired) electrons. The fraction of sp³-hybridized carbons (Fsp3) is 0.682. The second kappa shape index (κ2) is 9.07. The Kier molecular flexibility index (Phi) is 6.77. The predicted octanol–water partition coefficient (Wildman–Crippen LogP) is 2.69. The van der Waals surface area contributed by atoms with E-state index < -0.39 is 0 Å². The van der Waals surface area contributed by atoms with Gasteiger partial charge in [-0.1, -0.05) is 25.1 Å². The number of carbonyl (C=O) groups excluding carboxylic acids is 1. The van der Waals surface area contributed by atoms with Crippen LogP contribution in [0.25, 0.3) is 0 Å². The Hall–Kier alpha value is -1.59. The Morgan fingerprint density at radius 1 is 1.30 bits per heavy atom. The molecule has 1 amide bonds. The Balaban J connectivity index is 1.50. The highest BCUT2D eigenvalue weighted by atomic mass is 16.5. The SMILES string of the molecule is CCCN1CC2(CCN(C)CC2)CC1C(=O)NCCOc1ccccc1C. The van der Waals surface area contributed by atoms with Gasteiger partial charge in [0, 0.05) is 6.54 Å². The summed E-state index contributed by atoms with van der Waals surface area (Å²) in [6.45, 7) is 9.69. The molecule has 0 bridgehead atoms. The van der Waals surface area contributed by atoms with Gasteiger partial charge in [0.15, 0.2) is 0 Å². The standard InChI is InChI=1S/C22H35N3O2/c1-4-12-25-17-22(9-13-24(3)14-10-22)16-19(25)21(26)23-11-15-27-20-8-6-5-7-18(20)2/h5-8,19H,4,9-17H2,1-3H3,(H,23,26). The first-order valence-electron chi connectivity index (χ1n) is 10.4. The molecule has 0 aromatic heterocycles. The van der Waals surface area contributed by atoms with Gasteiger partial charge in [0.1, 0.15) is 12.4 Å². The van der Waals surface area contributed by atoms with E-state index in [2.05, 4.69) is 29.1 Å². The summed E-state index contributed by atoms with van der Waals surface area (Å²) < 4.78 is 5.81. The number of likely N-dealkylation sites (tertiary alicyclic amines) is 2. The molecule has 5 nitrogen and oxygen atoms in total. The minimum Gasteiger partial charge on any atom is -0.491 e. The van der Waals surface area contributed by atoms with Crippen LogP contribution in [0.15, 0.2) is 24.3 Å². The number of piperidine rings is 1. The summed E-state index contributed by atoms with van der Waals surface area (Å²) in [5, 5.41) is 3.12. The largest absolute Gasteiger partial charge is 0.491 e. The number of aryl methyl sites for hydroxylation is 1. The van der Waals surface area contributed by atoms with Crippen LogP contribution < -0.4 is 10.1 Å². The van der Waals surface area contributed by atoms with Crippen LogP contribution in [0.1, 0.15) is 38.2 Å². The summed E-state index contributed by atoms with van der Waals surface area (Å²) in [5.41, 5.74) is 1.46. The van der Waals surface area contributed by atoms with Crippen LogP contribution in [0.4, 0.5) is 0 Å². The third-order valence-electron chi connectivity index (χ3n) is 6.22. The number of carbonyl (C=O) groups is 1. The molecule has 2 heterocycles. The number of ether oxygens (including phenoxy) is 1. The van der Waals surface area contributed by atoms with Crippen molar-refractivity contribution in [2.24, 2.45) is 5.41 Å². The van der Waals surface area contributed by atoms with Gasteiger partial charge in [-0.05, 0) is 76.3 Å². The molecule has 3 rings (SSSR count). The van der Waals surface area contributed by atoms with Crippen molar-refractivity contribution in [2.45, 2.75) is 45.6 Å². The monoisotopic (exact) mass is 373 g/mol. The highest BCUT2D eigenvalue weighted by Gasteiger charge is 2.47. The highest BCUT2D eigenvalue weighted by Crippen LogP contribution is 2.43. The smallest absolute Gasteiger partial charge is 0.237 e. The van der Waals surface area contributed by atoms with Crippen LogP contribution in [0.2, 0.25) is 0 Å². The van der Waals surface area contributed by atoms with Gasteiger partial charge in [0.25, 0.3) is 0 Å². The van der Waals surface area contributed by atoms with Crippen molar-refractivity contribution in [3.8, 4) is 5.75 Å². The molecule has 0 saturated carbocycles. The van der Waals surface area contributed by atoms with Crippen LogP contribution in [0, 0.1) is 12.3 Å². The minimum atomic E-state index is 0.0202. The van der Waals surface area contributed by atoms with Crippen molar-refractivity contribution < 1.29 is 9.53 Å². The van der Waals surface area contributed by atoms with Crippen LogP contribution in [0.3, 0.4) is 0 Å². The summed E-state index contributed by atoms with van der Waals surface area (Å²) in [6, 6.07) is 8.01. The number of benzene rings is 1. The second-order valence-electron chi connectivity index (χ2n) is 8.40. The van der Waals surface area contributed by atoms with Crippen molar-refractivity contribution in [3.63, 3.8) is 0 Å². The number of nitrogens with zero attached hydrogens (tertiary/aromatic N) is 2. The number of amides is 1. The van der Waals surface area contributed by atoms with E-state index in [0.717, 1.165) is 50.3 Å². The molecule has 27 heavy (non-hydrogen) atoms. The molecule has 1 atom stereocenters. The molecule has 2 aliphatic rings. The molecule has 2 aliphatic heterocycles. The van der Waals surface area contributed by atoms with E-state index in [9.17, 15) is 4.79 Å². The van der Waals surface area contributed by atoms with Crippen molar-refractivity contribution in [1.29, 1.82) is 0 Å². The van der Waals surface area contributed by atoms with Crippen molar-refractivity contribution in [1.82, 2.24) is 15.1 Å². The molecule has 2 saturated heterocycles. The zero-order valence-electron chi connectivity index (χ0n) is 17.2. The van der Waals surface area contributed by atoms with Gasteiger partial charge in [-0.15, -0.1) is 0 Å². The third-order valence-corrected chi connectivity index (χ3v) is 6.22. The van der Waals surface area contributed by atoms with E-state index in [4.69, 9.17) is 4.74 Å². The molecule has 150 valence electrons. The van der Waals surface area contributed by atoms with Gasteiger partial charge < -0.3 is 15.0 Å². The molecule has 1 spiro atoms. The zero-order valence-corrected chi connectivity index (χ0v) is 17.2. The zero-order chi connectivity index (χ0) is 19.3. The van der Waals surface area contributed by atoms with Crippen molar-refractivity contribution >= 4 is 5.91 Å². The Bertz CT molecular complexity index is 626. The van der Waals surface area contributed by atoms with Gasteiger partial charge in [0.05, 0.1) is 12.6 Å². The molecule has 1 aromatic carbocycles. The highest BCUT2D eigenvalue weighted by molar-refractivity contribution is 5.82. The fourth-order valence-corrected chi connectivity index (χ4v) is 4.55. The van der Waals surface area contributed by atoms with E-state index in [-0.39, 0.29) is 11.9 Å². The molecule has 0 aliphatic carbocycles. The topological polar surface area (TPSA) is 44.8 Å². The van der Waals surface area contributed by atoms with E-state index in [1.54, 1.807) is 0 Å². The first-order chi connectivity index (χ1) is 13.0. The Labute approximate surface area is 164 Å². The molecular formula is C22H35N3O2. The first-order valence-corrected chi connectivity index (χ1v) is 10.4. The number of para-hydroxylation sites is 1. The lowest BCUT2D eigenvalue weighted by Gasteiger charge is -2.37. The van der Waals surface area contributed by atoms with Crippen molar-refractivity contribution in [2.75, 3.05) is 46.4 Å². The maximum absolute atomic E-state index is 12.9. The molecule has 2 fully saturated rings. The van der Waals surface area contributed by atoms with E-state index in [0.29, 0.717) is 18.6 Å². The first kappa shape index (κ1) is 20.2. The summed E-state index contributed by atoms with van der Waals surface area (Å²) >= 11 is 0. The van der Waals surface area contributed by atoms with Crippen LogP contribution in [-0.2, 0) is 4.79 Å². The summed E-state index contributed by atoms with van der Waals surface area (Å²) in [7, 11) is 2.20. The quantitative estimate of drug-likeness (QED) is 0.747. The van der Waals surface area contributed by atoms with Crippen LogP contribution >= 0.6 is 0 Å². The Morgan fingerprint density at radius 3 is 2.74 bits per heavy atom. The van der Waals surface area contributed by atoms with Gasteiger partial charge in [-0.25, -0.2) is 0 Å². The molecular weight excluding hydrogens is 338 g/mol. The lowest BCUT2D eigenvalue weighted by molar-refractivity contribution is -0.125. The lowest BCUT2D eigenvalue weighted by Crippen LogP contribution is -2.44.